The summed E-state index contributed by atoms with van der Waals surface area (Å²) in [5, 5.41) is 3.33. The van der Waals surface area contributed by atoms with E-state index in [0.717, 1.165) is 24.7 Å². The quantitative estimate of drug-likeness (QED) is 0.820. The Morgan fingerprint density at radius 3 is 2.94 bits per heavy atom. The lowest BCUT2D eigenvalue weighted by atomic mass is 10.1. The average Bonchev–Trinajstić information content (AvgIpc) is 2.82. The molecule has 1 aromatic carbocycles. The van der Waals surface area contributed by atoms with Crippen molar-refractivity contribution in [1.82, 2.24) is 9.55 Å². The predicted molar refractivity (Wildman–Crippen MR) is 68.7 cm³/mol. The Morgan fingerprint density at radius 2 is 2.18 bits per heavy atom. The van der Waals surface area contributed by atoms with E-state index in [1.807, 2.05) is 24.4 Å². The summed E-state index contributed by atoms with van der Waals surface area (Å²) in [4.78, 5) is 4.41. The molecule has 0 bridgehead atoms. The van der Waals surface area contributed by atoms with Crippen LogP contribution in [0.25, 0.3) is 11.3 Å². The molecule has 1 unspecified atom stereocenters. The summed E-state index contributed by atoms with van der Waals surface area (Å²) in [6.45, 7) is 2.57. The third-order valence-corrected chi connectivity index (χ3v) is 3.25. The van der Waals surface area contributed by atoms with Gasteiger partial charge in [0, 0.05) is 19.0 Å². The van der Waals surface area contributed by atoms with E-state index in [2.05, 4.69) is 27.0 Å². The van der Waals surface area contributed by atoms with Crippen molar-refractivity contribution >= 4 is 5.95 Å². The molecule has 4 heteroatoms. The fraction of sp³-hybridized carbons (Fsp3) is 0.308. The Morgan fingerprint density at radius 1 is 1.35 bits per heavy atom. The van der Waals surface area contributed by atoms with E-state index in [9.17, 15) is 0 Å². The summed E-state index contributed by atoms with van der Waals surface area (Å²) in [7, 11) is 0. The molecule has 4 nitrogen and oxygen atoms in total. The first-order chi connectivity index (χ1) is 8.38. The molecule has 0 amide bonds. The minimum Gasteiger partial charge on any atom is -0.355 e. The molecule has 0 fully saturated rings. The number of hydrogen-bond acceptors (Lipinski definition) is 3. The molecular formula is C13H16N4. The summed E-state index contributed by atoms with van der Waals surface area (Å²) in [5.41, 5.74) is 8.10. The largest absolute Gasteiger partial charge is 0.355 e. The number of rotatable bonds is 2. The summed E-state index contributed by atoms with van der Waals surface area (Å²) >= 11 is 0. The highest BCUT2D eigenvalue weighted by molar-refractivity contribution is 5.61. The first kappa shape index (κ1) is 10.4. The number of fused-ring (bicyclic) bond motifs is 1. The van der Waals surface area contributed by atoms with Gasteiger partial charge in [0.1, 0.15) is 0 Å². The van der Waals surface area contributed by atoms with Crippen LogP contribution in [-0.2, 0) is 6.54 Å². The Hall–Kier alpha value is -1.81. The molecule has 0 saturated heterocycles. The van der Waals surface area contributed by atoms with Crippen molar-refractivity contribution in [3.8, 4) is 11.3 Å². The van der Waals surface area contributed by atoms with Crippen molar-refractivity contribution in [3.05, 3.63) is 36.5 Å². The number of nitrogens with zero attached hydrogens (tertiary/aromatic N) is 2. The van der Waals surface area contributed by atoms with Gasteiger partial charge in [-0.3, -0.25) is 0 Å². The van der Waals surface area contributed by atoms with E-state index >= 15 is 0 Å². The second-order valence-electron chi connectivity index (χ2n) is 4.43. The van der Waals surface area contributed by atoms with Crippen LogP contribution in [0.15, 0.2) is 36.5 Å². The van der Waals surface area contributed by atoms with Crippen molar-refractivity contribution in [3.63, 3.8) is 0 Å². The summed E-state index contributed by atoms with van der Waals surface area (Å²) in [6.07, 6.45) is 1.93. The van der Waals surface area contributed by atoms with Gasteiger partial charge >= 0.3 is 0 Å². The lowest BCUT2D eigenvalue weighted by molar-refractivity contribution is 0.453. The fourth-order valence-electron chi connectivity index (χ4n) is 2.26. The second-order valence-corrected chi connectivity index (χ2v) is 4.43. The molecule has 0 radical (unpaired) electrons. The highest BCUT2D eigenvalue weighted by Gasteiger charge is 2.20. The Bertz CT molecular complexity index is 503. The first-order valence-corrected chi connectivity index (χ1v) is 5.93. The van der Waals surface area contributed by atoms with Crippen LogP contribution in [0.3, 0.4) is 0 Å². The third kappa shape index (κ3) is 1.80. The Kier molecular flexibility index (Phi) is 2.57. The zero-order chi connectivity index (χ0) is 11.7. The van der Waals surface area contributed by atoms with Gasteiger partial charge in [-0.2, -0.15) is 0 Å². The van der Waals surface area contributed by atoms with Gasteiger partial charge in [-0.05, 0) is 12.1 Å². The van der Waals surface area contributed by atoms with Gasteiger partial charge in [0.25, 0.3) is 0 Å². The van der Waals surface area contributed by atoms with Gasteiger partial charge in [0.15, 0.2) is 0 Å². The summed E-state index contributed by atoms with van der Waals surface area (Å²) in [6, 6.07) is 10.3. The molecule has 17 heavy (non-hydrogen) atoms. The van der Waals surface area contributed by atoms with Gasteiger partial charge in [0.2, 0.25) is 5.95 Å². The van der Waals surface area contributed by atoms with E-state index in [1.54, 1.807) is 0 Å². The lowest BCUT2D eigenvalue weighted by Crippen LogP contribution is -2.32. The molecule has 0 aliphatic carbocycles. The van der Waals surface area contributed by atoms with Crippen LogP contribution in [0.2, 0.25) is 0 Å². The second kappa shape index (κ2) is 4.22. The predicted octanol–water partition coefficient (Wildman–Crippen LogP) is 1.55. The zero-order valence-corrected chi connectivity index (χ0v) is 9.63. The van der Waals surface area contributed by atoms with Gasteiger partial charge in [0.05, 0.1) is 11.9 Å². The molecule has 0 saturated carbocycles. The molecule has 88 valence electrons. The van der Waals surface area contributed by atoms with Gasteiger partial charge in [-0.15, -0.1) is 0 Å². The van der Waals surface area contributed by atoms with Crippen LogP contribution in [0.5, 0.6) is 0 Å². The average molecular weight is 228 g/mol. The van der Waals surface area contributed by atoms with E-state index in [4.69, 9.17) is 5.73 Å². The maximum absolute atomic E-state index is 5.74. The van der Waals surface area contributed by atoms with Crippen molar-refractivity contribution in [2.45, 2.75) is 6.54 Å². The van der Waals surface area contributed by atoms with Crippen LogP contribution >= 0.6 is 0 Å². The summed E-state index contributed by atoms with van der Waals surface area (Å²) in [5.74, 6) is 1.44. The fourth-order valence-corrected chi connectivity index (χ4v) is 2.26. The third-order valence-electron chi connectivity index (χ3n) is 3.25. The smallest absolute Gasteiger partial charge is 0.203 e. The molecule has 1 aromatic heterocycles. The topological polar surface area (TPSA) is 55.9 Å². The normalized spacial score (nSPS) is 18.5. The first-order valence-electron chi connectivity index (χ1n) is 5.93. The standard InChI is InChI=1S/C13H16N4/c14-6-10-7-15-13-16-8-12(17(13)9-10)11-4-2-1-3-5-11/h1-5,8,10H,6-7,9,14H2,(H,15,16). The number of nitrogens with one attached hydrogen (secondary N) is 1. The van der Waals surface area contributed by atoms with Crippen LogP contribution in [0, 0.1) is 5.92 Å². The Labute approximate surface area is 100 Å². The molecule has 3 N–H and O–H groups in total. The zero-order valence-electron chi connectivity index (χ0n) is 9.63. The van der Waals surface area contributed by atoms with E-state index in [-0.39, 0.29) is 0 Å². The molecule has 1 aliphatic rings. The molecule has 1 atom stereocenters. The van der Waals surface area contributed by atoms with Crippen LogP contribution < -0.4 is 11.1 Å². The Balaban J connectivity index is 2.00. The van der Waals surface area contributed by atoms with Crippen LogP contribution in [0.4, 0.5) is 5.95 Å². The molecule has 2 heterocycles. The highest BCUT2D eigenvalue weighted by Crippen LogP contribution is 2.26. The number of anilines is 1. The summed E-state index contributed by atoms with van der Waals surface area (Å²) < 4.78 is 2.22. The monoisotopic (exact) mass is 228 g/mol. The van der Waals surface area contributed by atoms with Gasteiger partial charge in [-0.1, -0.05) is 30.3 Å². The minimum atomic E-state index is 0.485. The van der Waals surface area contributed by atoms with Gasteiger partial charge < -0.3 is 15.6 Å². The maximum atomic E-state index is 5.74. The number of imidazole rings is 1. The highest BCUT2D eigenvalue weighted by atomic mass is 15.2. The molecule has 3 rings (SSSR count). The number of aromatic nitrogens is 2. The van der Waals surface area contributed by atoms with E-state index < -0.39 is 0 Å². The van der Waals surface area contributed by atoms with Crippen LogP contribution in [-0.4, -0.2) is 22.6 Å². The van der Waals surface area contributed by atoms with Crippen molar-refractivity contribution < 1.29 is 0 Å². The van der Waals surface area contributed by atoms with Crippen LogP contribution in [0.1, 0.15) is 0 Å². The van der Waals surface area contributed by atoms with Crippen molar-refractivity contribution in [2.75, 3.05) is 18.4 Å². The molecule has 2 aromatic rings. The lowest BCUT2D eigenvalue weighted by Gasteiger charge is -2.25. The molecule has 1 aliphatic heterocycles. The van der Waals surface area contributed by atoms with Crippen molar-refractivity contribution in [2.24, 2.45) is 11.7 Å². The number of hydrogen-bond donors (Lipinski definition) is 2. The van der Waals surface area contributed by atoms with Crippen molar-refractivity contribution in [1.29, 1.82) is 0 Å². The van der Waals surface area contributed by atoms with E-state index in [0.29, 0.717) is 12.5 Å². The molecule has 0 spiro atoms. The number of benzene rings is 1. The number of nitrogens with two attached hydrogens (primary N) is 1. The minimum absolute atomic E-state index is 0.485. The SMILES string of the molecule is NCC1CNc2ncc(-c3ccccc3)n2C1. The molecular weight excluding hydrogens is 212 g/mol. The van der Waals surface area contributed by atoms with E-state index in [1.165, 1.54) is 5.56 Å². The maximum Gasteiger partial charge on any atom is 0.203 e. The van der Waals surface area contributed by atoms with Gasteiger partial charge in [-0.25, -0.2) is 4.98 Å².